The van der Waals surface area contributed by atoms with Crippen molar-refractivity contribution in [2.75, 3.05) is 18.6 Å². The normalized spacial score (nSPS) is 31.5. The summed E-state index contributed by atoms with van der Waals surface area (Å²) >= 11 is 1.98. The average molecular weight is 293 g/mol. The number of methoxy groups -OCH3 is 1. The first-order valence-electron chi connectivity index (χ1n) is 7.13. The highest BCUT2D eigenvalue weighted by atomic mass is 32.2. The van der Waals surface area contributed by atoms with E-state index in [1.807, 2.05) is 30.0 Å². The summed E-state index contributed by atoms with van der Waals surface area (Å²) in [6, 6.07) is 6.02. The van der Waals surface area contributed by atoms with Gasteiger partial charge in [0, 0.05) is 29.8 Å². The summed E-state index contributed by atoms with van der Waals surface area (Å²) < 4.78 is 11.7. The molecule has 0 amide bonds. The molecule has 2 aliphatic heterocycles. The van der Waals surface area contributed by atoms with Crippen molar-refractivity contribution < 1.29 is 9.47 Å². The van der Waals surface area contributed by atoms with Crippen LogP contribution in [-0.2, 0) is 0 Å². The van der Waals surface area contributed by atoms with E-state index in [1.165, 1.54) is 5.75 Å². The summed E-state index contributed by atoms with van der Waals surface area (Å²) in [5, 5.41) is 0. The maximum absolute atomic E-state index is 6.43. The highest BCUT2D eigenvalue weighted by molar-refractivity contribution is 7.99. The first kappa shape index (κ1) is 14.1. The molecule has 3 rings (SSSR count). The number of rotatable bonds is 1. The Labute approximate surface area is 125 Å². The van der Waals surface area contributed by atoms with Crippen molar-refractivity contribution in [3.05, 3.63) is 23.8 Å². The zero-order valence-corrected chi connectivity index (χ0v) is 13.3. The topological polar surface area (TPSA) is 44.5 Å². The van der Waals surface area contributed by atoms with Gasteiger partial charge in [0.25, 0.3) is 0 Å². The summed E-state index contributed by atoms with van der Waals surface area (Å²) in [6.45, 7) is 4.63. The van der Waals surface area contributed by atoms with Crippen molar-refractivity contribution in [2.24, 2.45) is 11.1 Å². The number of hydrogen-bond acceptors (Lipinski definition) is 4. The Kier molecular flexibility index (Phi) is 3.41. The molecular weight excluding hydrogens is 270 g/mol. The highest BCUT2D eigenvalue weighted by Crippen LogP contribution is 2.49. The molecule has 1 spiro atoms. The first-order valence-corrected chi connectivity index (χ1v) is 8.29. The molecule has 2 N–H and O–H groups in total. The molecule has 2 heterocycles. The van der Waals surface area contributed by atoms with E-state index in [4.69, 9.17) is 15.2 Å². The lowest BCUT2D eigenvalue weighted by Gasteiger charge is -2.48. The van der Waals surface area contributed by atoms with E-state index in [2.05, 4.69) is 13.8 Å². The summed E-state index contributed by atoms with van der Waals surface area (Å²) in [6.07, 6.45) is 1.97. The average Bonchev–Trinajstić information content (AvgIpc) is 2.36. The van der Waals surface area contributed by atoms with Crippen molar-refractivity contribution in [2.45, 2.75) is 38.3 Å². The lowest BCUT2D eigenvalue weighted by molar-refractivity contribution is 0.0165. The van der Waals surface area contributed by atoms with Crippen LogP contribution in [0.1, 0.15) is 38.3 Å². The van der Waals surface area contributed by atoms with Crippen molar-refractivity contribution in [3.8, 4) is 11.5 Å². The molecule has 0 radical (unpaired) electrons. The third kappa shape index (κ3) is 2.51. The van der Waals surface area contributed by atoms with Crippen LogP contribution in [0.4, 0.5) is 0 Å². The maximum Gasteiger partial charge on any atom is 0.128 e. The first-order chi connectivity index (χ1) is 9.43. The molecule has 1 aromatic rings. The van der Waals surface area contributed by atoms with Gasteiger partial charge in [0.2, 0.25) is 0 Å². The fourth-order valence-corrected chi connectivity index (χ4v) is 4.91. The van der Waals surface area contributed by atoms with Crippen LogP contribution in [0.15, 0.2) is 18.2 Å². The van der Waals surface area contributed by atoms with Crippen LogP contribution < -0.4 is 15.2 Å². The van der Waals surface area contributed by atoms with Gasteiger partial charge in [-0.15, -0.1) is 0 Å². The van der Waals surface area contributed by atoms with Crippen LogP contribution in [-0.4, -0.2) is 24.2 Å². The molecule has 0 aromatic heterocycles. The van der Waals surface area contributed by atoms with Gasteiger partial charge in [-0.05, 0) is 23.7 Å². The van der Waals surface area contributed by atoms with Gasteiger partial charge in [-0.1, -0.05) is 19.9 Å². The molecule has 0 aliphatic carbocycles. The minimum atomic E-state index is -0.120. The molecule has 2 atom stereocenters. The minimum Gasteiger partial charge on any atom is -0.497 e. The summed E-state index contributed by atoms with van der Waals surface area (Å²) in [7, 11) is 1.68. The predicted octanol–water partition coefficient (Wildman–Crippen LogP) is 3.38. The third-order valence-corrected chi connectivity index (χ3v) is 5.91. The van der Waals surface area contributed by atoms with Gasteiger partial charge in [-0.25, -0.2) is 0 Å². The Morgan fingerprint density at radius 2 is 2.15 bits per heavy atom. The molecule has 4 heteroatoms. The monoisotopic (exact) mass is 293 g/mol. The Bertz CT molecular complexity index is 517. The minimum absolute atomic E-state index is 0.0548. The standard InChI is InChI=1S/C16H23NO2S/c1-15(2)8-16(10-20-9-15)7-13(17)12-5-4-11(18-3)6-14(12)19-16/h4-6,13H,7-10,17H2,1-3H3. The highest BCUT2D eigenvalue weighted by Gasteiger charge is 2.46. The van der Waals surface area contributed by atoms with Crippen molar-refractivity contribution in [1.29, 1.82) is 0 Å². The fourth-order valence-electron chi connectivity index (χ4n) is 3.51. The van der Waals surface area contributed by atoms with Crippen LogP contribution in [0.3, 0.4) is 0 Å². The van der Waals surface area contributed by atoms with Crippen LogP contribution in [0.2, 0.25) is 0 Å². The zero-order valence-electron chi connectivity index (χ0n) is 12.4. The van der Waals surface area contributed by atoms with Gasteiger partial charge in [-0.3, -0.25) is 0 Å². The van der Waals surface area contributed by atoms with E-state index in [0.717, 1.165) is 35.7 Å². The number of benzene rings is 1. The number of hydrogen-bond donors (Lipinski definition) is 1. The number of thioether (sulfide) groups is 1. The van der Waals surface area contributed by atoms with E-state index in [1.54, 1.807) is 7.11 Å². The Balaban J connectivity index is 1.94. The van der Waals surface area contributed by atoms with Crippen molar-refractivity contribution in [1.82, 2.24) is 0 Å². The second kappa shape index (κ2) is 4.85. The van der Waals surface area contributed by atoms with E-state index >= 15 is 0 Å². The molecule has 110 valence electrons. The molecule has 1 aromatic carbocycles. The number of ether oxygens (including phenoxy) is 2. The van der Waals surface area contributed by atoms with Gasteiger partial charge in [0.05, 0.1) is 7.11 Å². The van der Waals surface area contributed by atoms with Gasteiger partial charge >= 0.3 is 0 Å². The van der Waals surface area contributed by atoms with Gasteiger partial charge < -0.3 is 15.2 Å². The Morgan fingerprint density at radius 3 is 2.85 bits per heavy atom. The summed E-state index contributed by atoms with van der Waals surface area (Å²) in [5.41, 5.74) is 7.69. The molecule has 0 bridgehead atoms. The Hall–Kier alpha value is -0.870. The lowest BCUT2D eigenvalue weighted by Crippen LogP contribution is -2.51. The number of nitrogens with two attached hydrogens (primary N) is 1. The zero-order chi connectivity index (χ0) is 14.4. The second-order valence-corrected chi connectivity index (χ2v) is 7.82. The van der Waals surface area contributed by atoms with Crippen molar-refractivity contribution >= 4 is 11.8 Å². The molecule has 20 heavy (non-hydrogen) atoms. The smallest absolute Gasteiger partial charge is 0.128 e. The molecule has 0 saturated carbocycles. The third-order valence-electron chi connectivity index (χ3n) is 4.20. The van der Waals surface area contributed by atoms with Crippen LogP contribution in [0.25, 0.3) is 0 Å². The largest absolute Gasteiger partial charge is 0.497 e. The fraction of sp³-hybridized carbons (Fsp3) is 0.625. The van der Waals surface area contributed by atoms with Crippen LogP contribution >= 0.6 is 11.8 Å². The predicted molar refractivity (Wildman–Crippen MR) is 83.6 cm³/mol. The number of fused-ring (bicyclic) bond motifs is 1. The quantitative estimate of drug-likeness (QED) is 0.862. The maximum atomic E-state index is 6.43. The van der Waals surface area contributed by atoms with E-state index < -0.39 is 0 Å². The van der Waals surface area contributed by atoms with E-state index in [0.29, 0.717) is 5.41 Å². The SMILES string of the molecule is COc1ccc2c(c1)OC1(CSCC(C)(C)C1)CC2N. The summed E-state index contributed by atoms with van der Waals surface area (Å²) in [5.74, 6) is 3.95. The molecule has 2 unspecified atom stereocenters. The van der Waals surface area contributed by atoms with E-state index in [9.17, 15) is 0 Å². The molecular formula is C16H23NO2S. The molecule has 1 saturated heterocycles. The van der Waals surface area contributed by atoms with Crippen molar-refractivity contribution in [3.63, 3.8) is 0 Å². The van der Waals surface area contributed by atoms with Gasteiger partial charge in [0.1, 0.15) is 17.1 Å². The second-order valence-electron chi connectivity index (χ2n) is 6.83. The Morgan fingerprint density at radius 1 is 1.35 bits per heavy atom. The molecule has 3 nitrogen and oxygen atoms in total. The lowest BCUT2D eigenvalue weighted by atomic mass is 9.76. The molecule has 1 fully saturated rings. The van der Waals surface area contributed by atoms with Crippen LogP contribution in [0, 0.1) is 5.41 Å². The van der Waals surface area contributed by atoms with E-state index in [-0.39, 0.29) is 11.6 Å². The van der Waals surface area contributed by atoms with Gasteiger partial charge in [-0.2, -0.15) is 11.8 Å². The van der Waals surface area contributed by atoms with Gasteiger partial charge in [0.15, 0.2) is 0 Å². The summed E-state index contributed by atoms with van der Waals surface area (Å²) in [4.78, 5) is 0. The molecule has 2 aliphatic rings. The van der Waals surface area contributed by atoms with Crippen LogP contribution in [0.5, 0.6) is 11.5 Å².